The average molecular weight is 325 g/mol. The minimum absolute atomic E-state index is 0.0169. The molecule has 0 radical (unpaired) electrons. The number of thiocarbonyl (C=S) groups is 1. The summed E-state index contributed by atoms with van der Waals surface area (Å²) in [5, 5.41) is 10.3. The summed E-state index contributed by atoms with van der Waals surface area (Å²) in [4.78, 5) is 15.2. The van der Waals surface area contributed by atoms with Gasteiger partial charge in [0.15, 0.2) is 5.78 Å². The minimum Gasteiger partial charge on any atom is -0.374 e. The molecule has 1 saturated heterocycles. The Balaban J connectivity index is 2.01. The standard InChI is InChI=1S/C19H19NO2S/c1-20-16(21)12-15(13-8-4-2-5-9-13)17(19(20)23)18(22)14-10-6-3-7-11-14/h2-11,15-17,21H,12H2,1H3/t15-,16+,17+/m0/s1. The summed E-state index contributed by atoms with van der Waals surface area (Å²) >= 11 is 5.53. The van der Waals surface area contributed by atoms with Crippen molar-refractivity contribution < 1.29 is 9.90 Å². The van der Waals surface area contributed by atoms with E-state index in [1.54, 1.807) is 11.9 Å². The summed E-state index contributed by atoms with van der Waals surface area (Å²) in [6, 6.07) is 19.1. The molecule has 2 aromatic carbocycles. The van der Waals surface area contributed by atoms with Crippen molar-refractivity contribution in [1.82, 2.24) is 4.90 Å². The molecule has 3 nitrogen and oxygen atoms in total. The quantitative estimate of drug-likeness (QED) is 0.695. The lowest BCUT2D eigenvalue weighted by atomic mass is 9.76. The highest BCUT2D eigenvalue weighted by Gasteiger charge is 2.41. The largest absolute Gasteiger partial charge is 0.374 e. The van der Waals surface area contributed by atoms with Crippen LogP contribution in [0.15, 0.2) is 60.7 Å². The molecule has 0 saturated carbocycles. The third-order valence-corrected chi connectivity index (χ3v) is 5.04. The summed E-state index contributed by atoms with van der Waals surface area (Å²) in [5.74, 6) is -0.519. The maximum atomic E-state index is 13.1. The van der Waals surface area contributed by atoms with Gasteiger partial charge in [-0.3, -0.25) is 4.79 Å². The van der Waals surface area contributed by atoms with Crippen LogP contribution in [0.4, 0.5) is 0 Å². The second-order valence-corrected chi connectivity index (χ2v) is 6.31. The molecule has 2 aromatic rings. The fraction of sp³-hybridized carbons (Fsp3) is 0.263. The molecule has 23 heavy (non-hydrogen) atoms. The molecule has 0 spiro atoms. The van der Waals surface area contributed by atoms with E-state index in [0.717, 1.165) is 5.56 Å². The smallest absolute Gasteiger partial charge is 0.173 e. The zero-order valence-corrected chi connectivity index (χ0v) is 13.7. The molecule has 1 heterocycles. The second-order valence-electron chi connectivity index (χ2n) is 5.89. The maximum absolute atomic E-state index is 13.1. The first-order chi connectivity index (χ1) is 11.1. The van der Waals surface area contributed by atoms with Crippen molar-refractivity contribution in [2.45, 2.75) is 18.6 Å². The van der Waals surface area contributed by atoms with Crippen molar-refractivity contribution >= 4 is 23.0 Å². The molecule has 0 bridgehead atoms. The van der Waals surface area contributed by atoms with Gasteiger partial charge in [0.1, 0.15) is 6.23 Å². The van der Waals surface area contributed by atoms with E-state index in [1.807, 2.05) is 60.7 Å². The van der Waals surface area contributed by atoms with Crippen LogP contribution in [0.2, 0.25) is 0 Å². The van der Waals surface area contributed by atoms with Crippen LogP contribution in [-0.2, 0) is 0 Å². The number of Topliss-reactive ketones (excluding diaryl/α,β-unsaturated/α-hetero) is 1. The maximum Gasteiger partial charge on any atom is 0.173 e. The molecule has 1 N–H and O–H groups in total. The molecule has 1 aliphatic heterocycles. The number of ketones is 1. The van der Waals surface area contributed by atoms with E-state index in [-0.39, 0.29) is 11.7 Å². The van der Waals surface area contributed by atoms with E-state index in [4.69, 9.17) is 12.2 Å². The molecule has 0 aromatic heterocycles. The van der Waals surface area contributed by atoms with Gasteiger partial charge in [0.05, 0.1) is 10.9 Å². The van der Waals surface area contributed by atoms with E-state index >= 15 is 0 Å². The highest BCUT2D eigenvalue weighted by atomic mass is 32.1. The zero-order chi connectivity index (χ0) is 16.4. The molecule has 0 amide bonds. The first-order valence-corrected chi connectivity index (χ1v) is 8.09. The highest BCUT2D eigenvalue weighted by Crippen LogP contribution is 2.38. The molecule has 4 heteroatoms. The summed E-state index contributed by atoms with van der Waals surface area (Å²) in [6.07, 6.45) is -0.170. The molecule has 3 rings (SSSR count). The lowest BCUT2D eigenvalue weighted by molar-refractivity contribution is 0.0327. The predicted molar refractivity (Wildman–Crippen MR) is 94.4 cm³/mol. The number of piperidine rings is 1. The molecule has 0 aliphatic carbocycles. The van der Waals surface area contributed by atoms with E-state index in [0.29, 0.717) is 17.0 Å². The number of hydrogen-bond acceptors (Lipinski definition) is 3. The van der Waals surface area contributed by atoms with Crippen molar-refractivity contribution in [3.8, 4) is 0 Å². The molecular weight excluding hydrogens is 306 g/mol. The number of benzene rings is 2. The third kappa shape index (κ3) is 3.05. The summed E-state index contributed by atoms with van der Waals surface area (Å²) in [6.45, 7) is 0. The number of carbonyl (C=O) groups excluding carboxylic acids is 1. The number of hydrogen-bond donors (Lipinski definition) is 1. The van der Waals surface area contributed by atoms with Crippen LogP contribution in [0.1, 0.15) is 28.3 Å². The van der Waals surface area contributed by atoms with Crippen molar-refractivity contribution in [2.24, 2.45) is 5.92 Å². The van der Waals surface area contributed by atoms with Crippen LogP contribution in [0.25, 0.3) is 0 Å². The molecular formula is C19H19NO2S. The van der Waals surface area contributed by atoms with E-state index < -0.39 is 12.1 Å². The topological polar surface area (TPSA) is 40.5 Å². The Kier molecular flexibility index (Phi) is 4.55. The number of nitrogens with zero attached hydrogens (tertiary/aromatic N) is 1. The lowest BCUT2D eigenvalue weighted by Gasteiger charge is -2.41. The summed E-state index contributed by atoms with van der Waals surface area (Å²) in [7, 11) is 1.75. The van der Waals surface area contributed by atoms with Crippen molar-refractivity contribution in [3.05, 3.63) is 71.8 Å². The number of rotatable bonds is 3. The second kappa shape index (κ2) is 6.60. The number of carbonyl (C=O) groups is 1. The van der Waals surface area contributed by atoms with Gasteiger partial charge in [0.25, 0.3) is 0 Å². The Labute approximate surface area is 141 Å². The predicted octanol–water partition coefficient (Wildman–Crippen LogP) is 3.25. The molecule has 0 unspecified atom stereocenters. The van der Waals surface area contributed by atoms with Crippen molar-refractivity contribution in [2.75, 3.05) is 7.05 Å². The van der Waals surface area contributed by atoms with Crippen LogP contribution >= 0.6 is 12.2 Å². The van der Waals surface area contributed by atoms with Gasteiger partial charge >= 0.3 is 0 Å². The van der Waals surface area contributed by atoms with Gasteiger partial charge in [-0.15, -0.1) is 0 Å². The molecule has 1 aliphatic rings. The Bertz CT molecular complexity index is 702. The number of aliphatic hydroxyl groups excluding tert-OH is 1. The highest BCUT2D eigenvalue weighted by molar-refractivity contribution is 7.80. The third-order valence-electron chi connectivity index (χ3n) is 4.50. The van der Waals surface area contributed by atoms with Gasteiger partial charge in [-0.2, -0.15) is 0 Å². The van der Waals surface area contributed by atoms with E-state index in [1.165, 1.54) is 0 Å². The number of likely N-dealkylation sites (tertiary alicyclic amines) is 1. The zero-order valence-electron chi connectivity index (χ0n) is 12.9. The van der Waals surface area contributed by atoms with Crippen LogP contribution in [0, 0.1) is 5.92 Å². The number of aliphatic hydroxyl groups is 1. The van der Waals surface area contributed by atoms with Crippen LogP contribution in [0.5, 0.6) is 0 Å². The molecule has 3 atom stereocenters. The van der Waals surface area contributed by atoms with Crippen molar-refractivity contribution in [3.63, 3.8) is 0 Å². The van der Waals surface area contributed by atoms with E-state index in [2.05, 4.69) is 0 Å². The Morgan fingerprint density at radius 3 is 2.26 bits per heavy atom. The van der Waals surface area contributed by atoms with E-state index in [9.17, 15) is 9.90 Å². The summed E-state index contributed by atoms with van der Waals surface area (Å²) < 4.78 is 0. The SMILES string of the molecule is CN1C(=S)[C@@H](C(=O)c2ccccc2)[C@H](c2ccccc2)C[C@H]1O. The van der Waals surface area contributed by atoms with Gasteiger partial charge < -0.3 is 10.0 Å². The van der Waals surface area contributed by atoms with Crippen molar-refractivity contribution in [1.29, 1.82) is 0 Å². The Morgan fingerprint density at radius 1 is 1.09 bits per heavy atom. The molecule has 1 fully saturated rings. The monoisotopic (exact) mass is 325 g/mol. The fourth-order valence-electron chi connectivity index (χ4n) is 3.17. The van der Waals surface area contributed by atoms with Gasteiger partial charge in [0, 0.05) is 24.9 Å². The van der Waals surface area contributed by atoms with Crippen LogP contribution in [0.3, 0.4) is 0 Å². The van der Waals surface area contributed by atoms with Crippen LogP contribution in [-0.4, -0.2) is 34.1 Å². The Hall–Kier alpha value is -2.04. The lowest BCUT2D eigenvalue weighted by Crippen LogP contribution is -2.50. The van der Waals surface area contributed by atoms with Gasteiger partial charge in [0.2, 0.25) is 0 Å². The minimum atomic E-state index is -0.660. The molecule has 118 valence electrons. The van der Waals surface area contributed by atoms with Gasteiger partial charge in [-0.1, -0.05) is 72.9 Å². The summed E-state index contributed by atoms with van der Waals surface area (Å²) in [5.41, 5.74) is 1.70. The fourth-order valence-corrected chi connectivity index (χ4v) is 3.56. The average Bonchev–Trinajstić information content (AvgIpc) is 2.60. The normalized spacial score (nSPS) is 24.5. The van der Waals surface area contributed by atoms with Gasteiger partial charge in [-0.05, 0) is 5.56 Å². The Morgan fingerprint density at radius 2 is 1.65 bits per heavy atom. The van der Waals surface area contributed by atoms with Crippen LogP contribution < -0.4 is 0 Å². The first kappa shape index (κ1) is 15.8. The van der Waals surface area contributed by atoms with Gasteiger partial charge in [-0.25, -0.2) is 0 Å². The first-order valence-electron chi connectivity index (χ1n) is 7.68.